The predicted octanol–water partition coefficient (Wildman–Crippen LogP) is 5.18. The molecule has 5 heteroatoms. The first-order valence-corrected chi connectivity index (χ1v) is 12.5. The summed E-state index contributed by atoms with van der Waals surface area (Å²) < 4.78 is 26.1. The number of nitrogens with zero attached hydrogens (tertiary/aromatic N) is 1. The summed E-state index contributed by atoms with van der Waals surface area (Å²) in [4.78, 5) is 2.28. The number of likely N-dealkylation sites (tertiary alicyclic amines) is 1. The van der Waals surface area contributed by atoms with E-state index in [1.54, 1.807) is 5.57 Å². The van der Waals surface area contributed by atoms with Gasteiger partial charge in [-0.2, -0.15) is 0 Å². The lowest BCUT2D eigenvalue weighted by molar-refractivity contribution is 0.0609. The van der Waals surface area contributed by atoms with Crippen molar-refractivity contribution in [3.8, 4) is 0 Å². The van der Waals surface area contributed by atoms with Crippen LogP contribution < -0.4 is 0 Å². The topological polar surface area (TPSA) is 43.7 Å². The van der Waals surface area contributed by atoms with E-state index in [9.17, 15) is 19.0 Å². The van der Waals surface area contributed by atoms with Crippen molar-refractivity contribution in [2.75, 3.05) is 19.6 Å². The van der Waals surface area contributed by atoms with Crippen LogP contribution in [0.15, 0.2) is 23.3 Å². The molecule has 0 spiro atoms. The normalized spacial score (nSPS) is 43.1. The van der Waals surface area contributed by atoms with E-state index < -0.39 is 24.6 Å². The highest BCUT2D eigenvalue weighted by Crippen LogP contribution is 2.59. The fraction of sp³-hybridized carbons (Fsp3) is 0.846. The number of aliphatic hydroxyl groups excluding tert-OH is 2. The van der Waals surface area contributed by atoms with Crippen LogP contribution in [0.2, 0.25) is 0 Å². The Morgan fingerprint density at radius 2 is 1.87 bits per heavy atom. The summed E-state index contributed by atoms with van der Waals surface area (Å²) in [6.07, 6.45) is 10.0. The minimum atomic E-state index is -2.18. The zero-order valence-corrected chi connectivity index (χ0v) is 19.3. The molecule has 3 aliphatic carbocycles. The maximum absolute atomic E-state index is 13.1. The predicted molar refractivity (Wildman–Crippen MR) is 120 cm³/mol. The number of alkyl halides is 2. The molecule has 31 heavy (non-hydrogen) atoms. The van der Waals surface area contributed by atoms with Crippen molar-refractivity contribution in [1.29, 1.82) is 0 Å². The number of aliphatic hydroxyl groups is 2. The minimum Gasteiger partial charge on any atom is -0.393 e. The van der Waals surface area contributed by atoms with Gasteiger partial charge in [0.05, 0.1) is 12.2 Å². The van der Waals surface area contributed by atoms with E-state index in [0.29, 0.717) is 55.4 Å². The van der Waals surface area contributed by atoms with Crippen molar-refractivity contribution in [3.05, 3.63) is 23.3 Å². The van der Waals surface area contributed by atoms with Gasteiger partial charge in [0.15, 0.2) is 0 Å². The van der Waals surface area contributed by atoms with Gasteiger partial charge in [-0.1, -0.05) is 37.1 Å². The zero-order chi connectivity index (χ0) is 22.2. The highest BCUT2D eigenvalue weighted by Gasteiger charge is 2.51. The highest BCUT2D eigenvalue weighted by atomic mass is 19.3. The van der Waals surface area contributed by atoms with E-state index in [4.69, 9.17) is 0 Å². The Kier molecular flexibility index (Phi) is 7.24. The van der Waals surface area contributed by atoms with Gasteiger partial charge in [0.1, 0.15) is 0 Å². The minimum absolute atomic E-state index is 0.301. The third kappa shape index (κ3) is 5.09. The Hall–Kier alpha value is -0.780. The second-order valence-corrected chi connectivity index (χ2v) is 11.2. The summed E-state index contributed by atoms with van der Waals surface area (Å²) in [6.45, 7) is 7.16. The van der Waals surface area contributed by atoms with Crippen LogP contribution in [0.3, 0.4) is 0 Å². The summed E-state index contributed by atoms with van der Waals surface area (Å²) in [5.74, 6) is 1.36. The molecule has 1 unspecified atom stereocenters. The van der Waals surface area contributed by atoms with Crippen LogP contribution in [0.1, 0.15) is 71.6 Å². The largest absolute Gasteiger partial charge is 0.393 e. The molecule has 0 aromatic carbocycles. The van der Waals surface area contributed by atoms with E-state index in [2.05, 4.69) is 30.9 Å². The molecule has 1 aliphatic heterocycles. The van der Waals surface area contributed by atoms with Crippen LogP contribution in [0, 0.1) is 29.1 Å². The summed E-state index contributed by atoms with van der Waals surface area (Å²) in [5, 5.41) is 19.9. The summed E-state index contributed by atoms with van der Waals surface area (Å²) in [5.41, 5.74) is 3.01. The molecule has 4 rings (SSSR count). The molecular formula is C26H41F2NO2. The Morgan fingerprint density at radius 3 is 2.55 bits per heavy atom. The van der Waals surface area contributed by atoms with E-state index in [1.807, 2.05) is 0 Å². The van der Waals surface area contributed by atoms with Gasteiger partial charge < -0.3 is 15.1 Å². The first-order chi connectivity index (χ1) is 14.8. The van der Waals surface area contributed by atoms with E-state index >= 15 is 0 Å². The monoisotopic (exact) mass is 437 g/mol. The Balaban J connectivity index is 1.41. The molecule has 3 nitrogen and oxygen atoms in total. The van der Waals surface area contributed by atoms with E-state index in [1.165, 1.54) is 25.7 Å². The number of allylic oxidation sites excluding steroid dienone is 3. The average Bonchev–Trinajstić information content (AvgIpc) is 3.29. The van der Waals surface area contributed by atoms with Crippen LogP contribution >= 0.6 is 0 Å². The number of rotatable bonds is 5. The number of halogens is 2. The quantitative estimate of drug-likeness (QED) is 0.623. The SMILES string of the molecule is CC(CN1CC[C@H](C(F)F)C1)[C@H]1CC[C@H]2/C(=C/C=C3C[C@@H](O)C[C@@H](O)C3)CCC[C@]12C. The first-order valence-electron chi connectivity index (χ1n) is 12.5. The van der Waals surface area contributed by atoms with Crippen molar-refractivity contribution in [1.82, 2.24) is 4.90 Å². The van der Waals surface area contributed by atoms with Crippen LogP contribution in [-0.4, -0.2) is 53.4 Å². The molecule has 0 aromatic rings. The Morgan fingerprint density at radius 1 is 1.13 bits per heavy atom. The zero-order valence-electron chi connectivity index (χ0n) is 19.3. The van der Waals surface area contributed by atoms with Crippen molar-refractivity contribution >= 4 is 0 Å². The smallest absolute Gasteiger partial charge is 0.242 e. The second-order valence-electron chi connectivity index (χ2n) is 11.2. The third-order valence-corrected chi connectivity index (χ3v) is 9.01. The van der Waals surface area contributed by atoms with Gasteiger partial charge in [-0.25, -0.2) is 8.78 Å². The molecule has 0 bridgehead atoms. The highest BCUT2D eigenvalue weighted by molar-refractivity contribution is 5.26. The number of fused-ring (bicyclic) bond motifs is 1. The maximum Gasteiger partial charge on any atom is 0.242 e. The van der Waals surface area contributed by atoms with Gasteiger partial charge in [-0.15, -0.1) is 0 Å². The van der Waals surface area contributed by atoms with Gasteiger partial charge in [0.2, 0.25) is 6.43 Å². The van der Waals surface area contributed by atoms with Gasteiger partial charge in [0, 0.05) is 19.0 Å². The van der Waals surface area contributed by atoms with Crippen molar-refractivity contribution in [2.24, 2.45) is 29.1 Å². The maximum atomic E-state index is 13.1. The first kappa shape index (κ1) is 23.4. The number of hydrogen-bond acceptors (Lipinski definition) is 3. The summed E-state index contributed by atoms with van der Waals surface area (Å²) in [7, 11) is 0. The molecule has 2 N–H and O–H groups in total. The fourth-order valence-electron chi connectivity index (χ4n) is 7.51. The molecule has 1 heterocycles. The molecule has 3 saturated carbocycles. The van der Waals surface area contributed by atoms with Crippen LogP contribution in [-0.2, 0) is 0 Å². The third-order valence-electron chi connectivity index (χ3n) is 9.01. The van der Waals surface area contributed by atoms with Crippen LogP contribution in [0.25, 0.3) is 0 Å². The van der Waals surface area contributed by atoms with Crippen molar-refractivity contribution < 1.29 is 19.0 Å². The fourth-order valence-corrected chi connectivity index (χ4v) is 7.51. The average molecular weight is 438 g/mol. The standard InChI is InChI=1S/C26H41F2NO2/c1-17(15-29-11-9-20(16-29)25(27)28)23-7-8-24-19(4-3-10-26(23,24)2)6-5-18-12-21(30)14-22(31)13-18/h5-6,17,20-25,30-31H,3-4,7-16H2,1-2H3/b18-5?,19-6+/t17?,20-,21-,22+,23+,24-,26+/m0/s1. The van der Waals surface area contributed by atoms with E-state index in [0.717, 1.165) is 25.1 Å². The lowest BCUT2D eigenvalue weighted by atomic mass is 9.61. The van der Waals surface area contributed by atoms with Gasteiger partial charge in [-0.05, 0) is 87.5 Å². The Bertz CT molecular complexity index is 681. The molecular weight excluding hydrogens is 396 g/mol. The van der Waals surface area contributed by atoms with Crippen LogP contribution in [0.5, 0.6) is 0 Å². The summed E-state index contributed by atoms with van der Waals surface area (Å²) >= 11 is 0. The van der Waals surface area contributed by atoms with Crippen molar-refractivity contribution in [2.45, 2.75) is 90.3 Å². The van der Waals surface area contributed by atoms with Gasteiger partial charge in [-0.3, -0.25) is 0 Å². The van der Waals surface area contributed by atoms with Crippen LogP contribution in [0.4, 0.5) is 8.78 Å². The number of hydrogen-bond donors (Lipinski definition) is 2. The van der Waals surface area contributed by atoms with Gasteiger partial charge in [0.25, 0.3) is 0 Å². The molecule has 0 aromatic heterocycles. The Labute approximate surface area is 186 Å². The molecule has 4 fully saturated rings. The lowest BCUT2D eigenvalue weighted by Gasteiger charge is -2.45. The van der Waals surface area contributed by atoms with Crippen molar-refractivity contribution in [3.63, 3.8) is 0 Å². The molecule has 0 radical (unpaired) electrons. The molecule has 176 valence electrons. The molecule has 1 saturated heterocycles. The molecule has 7 atom stereocenters. The van der Waals surface area contributed by atoms with E-state index in [-0.39, 0.29) is 0 Å². The lowest BCUT2D eigenvalue weighted by Crippen LogP contribution is -2.39. The molecule has 0 amide bonds. The van der Waals surface area contributed by atoms with Gasteiger partial charge >= 0.3 is 0 Å². The summed E-state index contributed by atoms with van der Waals surface area (Å²) in [6, 6.07) is 0. The second kappa shape index (κ2) is 9.61. The molecule has 4 aliphatic rings.